The van der Waals surface area contributed by atoms with Gasteiger partial charge in [-0.05, 0) is 31.2 Å². The van der Waals surface area contributed by atoms with Gasteiger partial charge in [0.1, 0.15) is 0 Å². The Morgan fingerprint density at radius 2 is 2.05 bits per heavy atom. The molecule has 0 spiro atoms. The van der Waals surface area contributed by atoms with Crippen LogP contribution >= 0.6 is 0 Å². The minimum atomic E-state index is -0.661. The van der Waals surface area contributed by atoms with Crippen LogP contribution in [0.5, 0.6) is 5.75 Å². The lowest BCUT2D eigenvalue weighted by molar-refractivity contribution is -0.385. The Morgan fingerprint density at radius 1 is 1.32 bits per heavy atom. The molecule has 1 amide bonds. The van der Waals surface area contributed by atoms with E-state index in [4.69, 9.17) is 4.74 Å². The fourth-order valence-electron chi connectivity index (χ4n) is 1.96. The lowest BCUT2D eigenvalue weighted by Crippen LogP contribution is -2.13. The fraction of sp³-hybridized carbons (Fsp3) is 0.133. The number of hydrogen-bond acceptors (Lipinski definition) is 4. The van der Waals surface area contributed by atoms with E-state index in [-0.39, 0.29) is 17.0 Å². The summed E-state index contributed by atoms with van der Waals surface area (Å²) in [5.74, 6) is -1.20. The van der Waals surface area contributed by atoms with Crippen molar-refractivity contribution in [3.63, 3.8) is 0 Å². The largest absolute Gasteiger partial charge is 0.494 e. The number of amides is 1. The quantitative estimate of drug-likeness (QED) is 0.694. The van der Waals surface area contributed by atoms with E-state index in [0.29, 0.717) is 11.3 Å². The molecule has 0 bridgehead atoms. The summed E-state index contributed by atoms with van der Waals surface area (Å²) in [6, 6.07) is 8.14. The minimum Gasteiger partial charge on any atom is -0.494 e. The number of rotatable bonds is 4. The van der Waals surface area contributed by atoms with Crippen molar-refractivity contribution in [3.8, 4) is 5.75 Å². The minimum absolute atomic E-state index is 0.0306. The Bertz CT molecular complexity index is 746. The zero-order valence-corrected chi connectivity index (χ0v) is 11.9. The highest BCUT2D eigenvalue weighted by Crippen LogP contribution is 2.26. The van der Waals surface area contributed by atoms with Crippen LogP contribution in [-0.4, -0.2) is 17.9 Å². The third kappa shape index (κ3) is 3.03. The first kappa shape index (κ1) is 15.4. The molecule has 2 rings (SSSR count). The molecular formula is C15H13FN2O4. The number of nitro groups is 1. The summed E-state index contributed by atoms with van der Waals surface area (Å²) < 4.78 is 18.4. The number of nitrogens with one attached hydrogen (secondary N) is 1. The Morgan fingerprint density at radius 3 is 2.64 bits per heavy atom. The number of carbonyl (C=O) groups excluding carboxylic acids is 1. The smallest absolute Gasteiger partial charge is 0.274 e. The molecule has 0 aliphatic rings. The van der Waals surface area contributed by atoms with Gasteiger partial charge in [0.05, 0.1) is 23.3 Å². The van der Waals surface area contributed by atoms with Crippen molar-refractivity contribution in [2.24, 2.45) is 0 Å². The Labute approximate surface area is 125 Å². The third-order valence-electron chi connectivity index (χ3n) is 3.16. The molecule has 0 aliphatic heterocycles. The van der Waals surface area contributed by atoms with Gasteiger partial charge in [0.25, 0.3) is 11.6 Å². The second-order valence-electron chi connectivity index (χ2n) is 4.51. The van der Waals surface area contributed by atoms with Gasteiger partial charge in [-0.15, -0.1) is 0 Å². The van der Waals surface area contributed by atoms with E-state index >= 15 is 0 Å². The monoisotopic (exact) mass is 304 g/mol. The summed E-state index contributed by atoms with van der Waals surface area (Å²) in [7, 11) is 1.32. The normalized spacial score (nSPS) is 10.1. The van der Waals surface area contributed by atoms with E-state index in [1.165, 1.54) is 38.3 Å². The van der Waals surface area contributed by atoms with Crippen LogP contribution < -0.4 is 10.1 Å². The first-order valence-corrected chi connectivity index (χ1v) is 6.33. The van der Waals surface area contributed by atoms with Crippen LogP contribution in [-0.2, 0) is 0 Å². The number of hydrogen-bond donors (Lipinski definition) is 1. The number of carbonyl (C=O) groups is 1. The molecule has 0 fully saturated rings. The number of nitro benzene ring substituents is 1. The Hall–Kier alpha value is -2.96. The van der Waals surface area contributed by atoms with E-state index in [9.17, 15) is 19.3 Å². The van der Waals surface area contributed by atoms with Gasteiger partial charge in [0.2, 0.25) is 0 Å². The number of halogens is 1. The first-order chi connectivity index (χ1) is 10.4. The lowest BCUT2D eigenvalue weighted by Gasteiger charge is -2.09. The lowest BCUT2D eigenvalue weighted by atomic mass is 10.1. The molecule has 114 valence electrons. The van der Waals surface area contributed by atoms with Crippen LogP contribution in [0.15, 0.2) is 36.4 Å². The van der Waals surface area contributed by atoms with Gasteiger partial charge in [0, 0.05) is 11.6 Å². The van der Waals surface area contributed by atoms with Gasteiger partial charge in [-0.3, -0.25) is 14.9 Å². The maximum atomic E-state index is 13.6. The van der Waals surface area contributed by atoms with Crippen molar-refractivity contribution >= 4 is 17.3 Å². The van der Waals surface area contributed by atoms with E-state index in [0.717, 1.165) is 6.07 Å². The summed E-state index contributed by atoms with van der Waals surface area (Å²) in [5, 5.41) is 13.4. The van der Waals surface area contributed by atoms with Crippen LogP contribution in [0.25, 0.3) is 0 Å². The molecular weight excluding hydrogens is 291 g/mol. The average molecular weight is 304 g/mol. The van der Waals surface area contributed by atoms with Crippen molar-refractivity contribution in [2.45, 2.75) is 6.92 Å². The van der Waals surface area contributed by atoms with Crippen molar-refractivity contribution in [2.75, 3.05) is 12.4 Å². The van der Waals surface area contributed by atoms with Gasteiger partial charge in [-0.1, -0.05) is 6.07 Å². The number of anilines is 1. The maximum Gasteiger partial charge on any atom is 0.274 e. The summed E-state index contributed by atoms with van der Waals surface area (Å²) in [4.78, 5) is 22.5. The molecule has 0 unspecified atom stereocenters. The molecule has 6 nitrogen and oxygen atoms in total. The standard InChI is InChI=1S/C15H13FN2O4/c1-9-12(4-3-5-13(9)18(20)21)17-15(19)10-6-7-14(22-2)11(16)8-10/h3-8H,1-2H3,(H,17,19). The van der Waals surface area contributed by atoms with E-state index < -0.39 is 16.6 Å². The summed E-state index contributed by atoms with van der Waals surface area (Å²) >= 11 is 0. The summed E-state index contributed by atoms with van der Waals surface area (Å²) in [5.41, 5.74) is 0.619. The van der Waals surface area contributed by atoms with Crippen molar-refractivity contribution in [1.29, 1.82) is 0 Å². The van der Waals surface area contributed by atoms with Gasteiger partial charge in [-0.25, -0.2) is 4.39 Å². The average Bonchev–Trinajstić information content (AvgIpc) is 2.48. The second-order valence-corrected chi connectivity index (χ2v) is 4.51. The molecule has 7 heteroatoms. The van der Waals surface area contributed by atoms with Crippen LogP contribution in [0.4, 0.5) is 15.8 Å². The van der Waals surface area contributed by atoms with Gasteiger partial charge < -0.3 is 10.1 Å². The zero-order chi connectivity index (χ0) is 16.3. The van der Waals surface area contributed by atoms with Gasteiger partial charge in [0.15, 0.2) is 11.6 Å². The molecule has 0 radical (unpaired) electrons. The molecule has 0 aliphatic carbocycles. The number of ether oxygens (including phenoxy) is 1. The van der Waals surface area contributed by atoms with E-state index in [2.05, 4.69) is 5.32 Å². The van der Waals surface area contributed by atoms with Crippen molar-refractivity contribution in [3.05, 3.63) is 63.5 Å². The van der Waals surface area contributed by atoms with Crippen LogP contribution in [0, 0.1) is 22.9 Å². The van der Waals surface area contributed by atoms with E-state index in [1.807, 2.05) is 0 Å². The number of benzene rings is 2. The summed E-state index contributed by atoms with van der Waals surface area (Å²) in [6.07, 6.45) is 0. The highest BCUT2D eigenvalue weighted by Gasteiger charge is 2.16. The molecule has 1 N–H and O–H groups in total. The first-order valence-electron chi connectivity index (χ1n) is 6.33. The van der Waals surface area contributed by atoms with Gasteiger partial charge >= 0.3 is 0 Å². The van der Waals surface area contributed by atoms with Gasteiger partial charge in [-0.2, -0.15) is 0 Å². The summed E-state index contributed by atoms with van der Waals surface area (Å²) in [6.45, 7) is 1.53. The highest BCUT2D eigenvalue weighted by molar-refractivity contribution is 6.05. The van der Waals surface area contributed by atoms with E-state index in [1.54, 1.807) is 6.07 Å². The number of nitrogens with zero attached hydrogens (tertiary/aromatic N) is 1. The third-order valence-corrected chi connectivity index (χ3v) is 3.16. The molecule has 2 aromatic rings. The zero-order valence-electron chi connectivity index (χ0n) is 11.9. The molecule has 0 saturated heterocycles. The van der Waals surface area contributed by atoms with Crippen molar-refractivity contribution in [1.82, 2.24) is 0 Å². The van der Waals surface area contributed by atoms with Crippen LogP contribution in [0.2, 0.25) is 0 Å². The Kier molecular flexibility index (Phi) is 4.36. The molecule has 0 heterocycles. The predicted molar refractivity (Wildman–Crippen MR) is 78.7 cm³/mol. The SMILES string of the molecule is COc1ccc(C(=O)Nc2cccc([N+](=O)[O-])c2C)cc1F. The molecule has 0 atom stereocenters. The van der Waals surface area contributed by atoms with Crippen LogP contribution in [0.3, 0.4) is 0 Å². The molecule has 22 heavy (non-hydrogen) atoms. The molecule has 0 saturated carbocycles. The topological polar surface area (TPSA) is 81.5 Å². The predicted octanol–water partition coefficient (Wildman–Crippen LogP) is 3.30. The van der Waals surface area contributed by atoms with Crippen molar-refractivity contribution < 1.29 is 18.8 Å². The maximum absolute atomic E-state index is 13.6. The fourth-order valence-corrected chi connectivity index (χ4v) is 1.96. The number of methoxy groups -OCH3 is 1. The second kappa shape index (κ2) is 6.21. The Balaban J connectivity index is 2.28. The van der Waals surface area contributed by atoms with Crippen LogP contribution in [0.1, 0.15) is 15.9 Å². The molecule has 2 aromatic carbocycles. The molecule has 0 aromatic heterocycles. The highest BCUT2D eigenvalue weighted by atomic mass is 19.1.